The first-order chi connectivity index (χ1) is 15.0. The largest absolute Gasteiger partial charge is 0.348 e. The molecular formula is C22H24N6O2S. The molecule has 1 aromatic carbocycles. The number of benzene rings is 1. The van der Waals surface area contributed by atoms with Gasteiger partial charge in [-0.2, -0.15) is 0 Å². The van der Waals surface area contributed by atoms with Crippen molar-refractivity contribution in [2.75, 3.05) is 13.1 Å². The van der Waals surface area contributed by atoms with Gasteiger partial charge in [-0.05, 0) is 43.8 Å². The molecule has 4 rings (SSSR count). The molecule has 0 aliphatic carbocycles. The number of hydrogen-bond acceptors (Lipinski definition) is 7. The van der Waals surface area contributed by atoms with Gasteiger partial charge in [0.1, 0.15) is 10.7 Å². The van der Waals surface area contributed by atoms with Crippen molar-refractivity contribution in [1.82, 2.24) is 29.8 Å². The number of piperidine rings is 1. The number of nitrogens with zero attached hydrogens (tertiary/aromatic N) is 5. The minimum atomic E-state index is -0.193. The van der Waals surface area contributed by atoms with E-state index in [0.717, 1.165) is 29.9 Å². The summed E-state index contributed by atoms with van der Waals surface area (Å²) in [6.07, 6.45) is 3.38. The van der Waals surface area contributed by atoms with Crippen molar-refractivity contribution < 1.29 is 9.59 Å². The van der Waals surface area contributed by atoms with Crippen molar-refractivity contribution in [2.24, 2.45) is 0 Å². The summed E-state index contributed by atoms with van der Waals surface area (Å²) < 4.78 is 3.87. The quantitative estimate of drug-likeness (QED) is 0.660. The summed E-state index contributed by atoms with van der Waals surface area (Å²) in [6, 6.07) is 9.75. The fourth-order valence-electron chi connectivity index (χ4n) is 3.72. The molecule has 1 atom stereocenters. The molecule has 1 N–H and O–H groups in total. The third-order valence-electron chi connectivity index (χ3n) is 5.46. The van der Waals surface area contributed by atoms with E-state index in [4.69, 9.17) is 0 Å². The third-order valence-corrected chi connectivity index (χ3v) is 6.27. The standard InChI is InChI=1S/C22H24N6O2S/c1-14-18(21(29)24-11-16-7-4-3-5-8-16)12-23-20(25-14)17-9-6-10-28(13-17)22(30)19-15(2)26-27-31-19/h3-5,7-8,12,17H,6,9-11,13H2,1-2H3,(H,24,29)/t17-/m0/s1. The van der Waals surface area contributed by atoms with Gasteiger partial charge in [0.15, 0.2) is 0 Å². The average molecular weight is 437 g/mol. The van der Waals surface area contributed by atoms with Crippen LogP contribution in [0.1, 0.15) is 61.6 Å². The first-order valence-electron chi connectivity index (χ1n) is 10.3. The topological polar surface area (TPSA) is 101 Å². The predicted octanol–water partition coefficient (Wildman–Crippen LogP) is 2.89. The van der Waals surface area contributed by atoms with Gasteiger partial charge in [0, 0.05) is 31.7 Å². The first-order valence-corrected chi connectivity index (χ1v) is 11.0. The lowest BCUT2D eigenvalue weighted by Crippen LogP contribution is -2.39. The van der Waals surface area contributed by atoms with Crippen molar-refractivity contribution in [2.45, 2.75) is 39.2 Å². The summed E-state index contributed by atoms with van der Waals surface area (Å²) in [7, 11) is 0. The molecule has 1 aliphatic heterocycles. The molecule has 160 valence electrons. The summed E-state index contributed by atoms with van der Waals surface area (Å²) in [5.74, 6) is 0.486. The fourth-order valence-corrected chi connectivity index (χ4v) is 4.35. The van der Waals surface area contributed by atoms with E-state index in [0.29, 0.717) is 47.3 Å². The molecule has 0 saturated carbocycles. The molecule has 1 fully saturated rings. The summed E-state index contributed by atoms with van der Waals surface area (Å²) in [6.45, 7) is 5.32. The van der Waals surface area contributed by atoms with E-state index in [1.165, 1.54) is 0 Å². The second-order valence-electron chi connectivity index (χ2n) is 7.67. The minimum Gasteiger partial charge on any atom is -0.348 e. The van der Waals surface area contributed by atoms with Crippen LogP contribution in [0.5, 0.6) is 0 Å². The Labute approximate surface area is 184 Å². The second kappa shape index (κ2) is 9.30. The molecule has 0 unspecified atom stereocenters. The Morgan fingerprint density at radius 2 is 2.00 bits per heavy atom. The van der Waals surface area contributed by atoms with Crippen LogP contribution in [0.3, 0.4) is 0 Å². The van der Waals surface area contributed by atoms with Gasteiger partial charge in [0.2, 0.25) is 0 Å². The summed E-state index contributed by atoms with van der Waals surface area (Å²) in [5, 5.41) is 6.86. The van der Waals surface area contributed by atoms with Gasteiger partial charge >= 0.3 is 0 Å². The molecule has 0 radical (unpaired) electrons. The number of carbonyl (C=O) groups is 2. The zero-order valence-corrected chi connectivity index (χ0v) is 18.4. The van der Waals surface area contributed by atoms with Crippen LogP contribution in [0, 0.1) is 13.8 Å². The highest BCUT2D eigenvalue weighted by atomic mass is 32.1. The highest BCUT2D eigenvalue weighted by molar-refractivity contribution is 7.07. The fraction of sp³-hybridized carbons (Fsp3) is 0.364. The van der Waals surface area contributed by atoms with Gasteiger partial charge < -0.3 is 10.2 Å². The minimum absolute atomic E-state index is 0.0363. The molecule has 1 saturated heterocycles. The van der Waals surface area contributed by atoms with Crippen LogP contribution in [-0.4, -0.2) is 49.4 Å². The van der Waals surface area contributed by atoms with E-state index >= 15 is 0 Å². The number of hydrogen-bond donors (Lipinski definition) is 1. The van der Waals surface area contributed by atoms with Crippen molar-refractivity contribution in [3.63, 3.8) is 0 Å². The normalized spacial score (nSPS) is 16.2. The van der Waals surface area contributed by atoms with Gasteiger partial charge in [-0.25, -0.2) is 9.97 Å². The Bertz CT molecular complexity index is 1080. The Balaban J connectivity index is 1.43. The van der Waals surface area contributed by atoms with E-state index in [2.05, 4.69) is 24.9 Å². The molecule has 8 nitrogen and oxygen atoms in total. The zero-order chi connectivity index (χ0) is 21.8. The van der Waals surface area contributed by atoms with Gasteiger partial charge in [0.05, 0.1) is 17.0 Å². The van der Waals surface area contributed by atoms with E-state index in [-0.39, 0.29) is 17.7 Å². The number of nitrogens with one attached hydrogen (secondary N) is 1. The molecule has 3 heterocycles. The number of amides is 2. The van der Waals surface area contributed by atoms with Gasteiger partial charge in [-0.15, -0.1) is 5.10 Å². The van der Waals surface area contributed by atoms with Crippen LogP contribution in [0.4, 0.5) is 0 Å². The number of likely N-dealkylation sites (tertiary alicyclic amines) is 1. The molecule has 31 heavy (non-hydrogen) atoms. The highest BCUT2D eigenvalue weighted by Gasteiger charge is 2.29. The Kier molecular flexibility index (Phi) is 6.31. The average Bonchev–Trinajstić information content (AvgIpc) is 3.23. The number of aromatic nitrogens is 4. The van der Waals surface area contributed by atoms with Crippen molar-refractivity contribution in [1.29, 1.82) is 0 Å². The summed E-state index contributed by atoms with van der Waals surface area (Å²) in [5.41, 5.74) is 2.80. The number of aryl methyl sites for hydroxylation is 2. The molecule has 1 aliphatic rings. The van der Waals surface area contributed by atoms with Crippen LogP contribution in [0.2, 0.25) is 0 Å². The second-order valence-corrected chi connectivity index (χ2v) is 8.43. The zero-order valence-electron chi connectivity index (χ0n) is 17.5. The SMILES string of the molecule is Cc1nc([C@H]2CCCN(C(=O)c3snnc3C)C2)ncc1C(=O)NCc1ccccc1. The Morgan fingerprint density at radius 3 is 2.71 bits per heavy atom. The lowest BCUT2D eigenvalue weighted by molar-refractivity contribution is 0.0708. The van der Waals surface area contributed by atoms with E-state index in [1.807, 2.05) is 42.2 Å². The smallest absolute Gasteiger partial charge is 0.267 e. The van der Waals surface area contributed by atoms with Gasteiger partial charge in [-0.1, -0.05) is 34.8 Å². The molecule has 0 spiro atoms. The van der Waals surface area contributed by atoms with Crippen LogP contribution in [0.25, 0.3) is 0 Å². The summed E-state index contributed by atoms with van der Waals surface area (Å²) in [4.78, 5) is 36.9. The van der Waals surface area contributed by atoms with Crippen LogP contribution in [0.15, 0.2) is 36.5 Å². The van der Waals surface area contributed by atoms with E-state index in [9.17, 15) is 9.59 Å². The van der Waals surface area contributed by atoms with Crippen LogP contribution >= 0.6 is 11.5 Å². The maximum atomic E-state index is 12.8. The number of rotatable bonds is 5. The van der Waals surface area contributed by atoms with Crippen molar-refractivity contribution in [3.8, 4) is 0 Å². The van der Waals surface area contributed by atoms with Crippen molar-refractivity contribution in [3.05, 3.63) is 69.7 Å². The maximum Gasteiger partial charge on any atom is 0.267 e. The third kappa shape index (κ3) is 4.77. The highest BCUT2D eigenvalue weighted by Crippen LogP contribution is 2.27. The van der Waals surface area contributed by atoms with Crippen LogP contribution < -0.4 is 5.32 Å². The van der Waals surface area contributed by atoms with E-state index in [1.54, 1.807) is 13.1 Å². The summed E-state index contributed by atoms with van der Waals surface area (Å²) >= 11 is 1.13. The molecule has 3 aromatic rings. The Morgan fingerprint density at radius 1 is 1.19 bits per heavy atom. The lowest BCUT2D eigenvalue weighted by atomic mass is 9.96. The first kappa shape index (κ1) is 21.0. The molecule has 2 amide bonds. The molecule has 0 bridgehead atoms. The molecule has 9 heteroatoms. The van der Waals surface area contributed by atoms with Crippen molar-refractivity contribution >= 4 is 23.3 Å². The van der Waals surface area contributed by atoms with Gasteiger partial charge in [0.25, 0.3) is 11.8 Å². The lowest BCUT2D eigenvalue weighted by Gasteiger charge is -2.31. The molecular weight excluding hydrogens is 412 g/mol. The molecule has 2 aromatic heterocycles. The maximum absolute atomic E-state index is 12.8. The van der Waals surface area contributed by atoms with Crippen LogP contribution in [-0.2, 0) is 6.54 Å². The van der Waals surface area contributed by atoms with Gasteiger partial charge in [-0.3, -0.25) is 9.59 Å². The number of carbonyl (C=O) groups excluding carboxylic acids is 2. The van der Waals surface area contributed by atoms with E-state index < -0.39 is 0 Å². The monoisotopic (exact) mass is 436 g/mol. The Hall–Kier alpha value is -3.20. The predicted molar refractivity (Wildman–Crippen MR) is 117 cm³/mol.